The molecule has 2 rings (SSSR count). The van der Waals surface area contributed by atoms with Crippen molar-refractivity contribution in [3.8, 4) is 0 Å². The van der Waals surface area contributed by atoms with Crippen molar-refractivity contribution in [3.63, 3.8) is 0 Å². The third-order valence-corrected chi connectivity index (χ3v) is 2.62. The van der Waals surface area contributed by atoms with E-state index in [1.165, 1.54) is 0 Å². The van der Waals surface area contributed by atoms with Crippen molar-refractivity contribution in [3.05, 3.63) is 41.2 Å². The summed E-state index contributed by atoms with van der Waals surface area (Å²) in [5.41, 5.74) is 7.76. The summed E-state index contributed by atoms with van der Waals surface area (Å²) in [6.45, 7) is 0. The molecule has 0 spiro atoms. The molecule has 1 aliphatic carbocycles. The van der Waals surface area contributed by atoms with Crippen molar-refractivity contribution in [2.75, 3.05) is 0 Å². The summed E-state index contributed by atoms with van der Waals surface area (Å²) < 4.78 is 0. The van der Waals surface area contributed by atoms with E-state index >= 15 is 0 Å². The fraction of sp³-hybridized carbons (Fsp3) is 0.100. The molecule has 1 atom stereocenters. The molecule has 0 fully saturated rings. The molecule has 0 heterocycles. The van der Waals surface area contributed by atoms with E-state index in [9.17, 15) is 5.11 Å². The van der Waals surface area contributed by atoms with E-state index in [2.05, 4.69) is 0 Å². The van der Waals surface area contributed by atoms with Crippen LogP contribution in [0, 0.1) is 0 Å². The first-order chi connectivity index (χ1) is 6.20. The van der Waals surface area contributed by atoms with Gasteiger partial charge in [-0.1, -0.05) is 36.5 Å². The van der Waals surface area contributed by atoms with Gasteiger partial charge in [-0.15, -0.1) is 0 Å². The number of fused-ring (bicyclic) bond motifs is 1. The van der Waals surface area contributed by atoms with Gasteiger partial charge in [-0.25, -0.2) is 0 Å². The summed E-state index contributed by atoms with van der Waals surface area (Å²) in [5, 5.41) is 9.43. The smallest absolute Gasteiger partial charge is 0.132 e. The van der Waals surface area contributed by atoms with Gasteiger partial charge in [0.25, 0.3) is 0 Å². The summed E-state index contributed by atoms with van der Waals surface area (Å²) in [7, 11) is 0. The highest BCUT2D eigenvalue weighted by molar-refractivity contribution is 7.81. The summed E-state index contributed by atoms with van der Waals surface area (Å²) in [6, 6.07) is 7.31. The van der Waals surface area contributed by atoms with Crippen LogP contribution in [-0.4, -0.2) is 9.97 Å². The normalized spacial score (nSPS) is 20.8. The molecular formula is C10H9NOS. The SMILES string of the molecule is NC1C(=S)C(O)=Cc2ccccc21. The Labute approximate surface area is 81.7 Å². The van der Waals surface area contributed by atoms with Crippen molar-refractivity contribution in [1.29, 1.82) is 0 Å². The molecular weight excluding hydrogens is 182 g/mol. The zero-order valence-corrected chi connectivity index (χ0v) is 7.71. The minimum Gasteiger partial charge on any atom is -0.507 e. The average molecular weight is 191 g/mol. The molecule has 0 saturated heterocycles. The Balaban J connectivity index is 2.63. The Hall–Kier alpha value is -1.19. The van der Waals surface area contributed by atoms with E-state index in [0.717, 1.165) is 11.1 Å². The highest BCUT2D eigenvalue weighted by Crippen LogP contribution is 2.27. The van der Waals surface area contributed by atoms with Gasteiger partial charge in [0.1, 0.15) is 5.76 Å². The molecule has 0 aliphatic heterocycles. The van der Waals surface area contributed by atoms with Gasteiger partial charge in [0.15, 0.2) is 0 Å². The molecule has 1 aromatic carbocycles. The zero-order valence-electron chi connectivity index (χ0n) is 6.90. The largest absolute Gasteiger partial charge is 0.507 e. The molecule has 1 aliphatic rings. The fourth-order valence-electron chi connectivity index (χ4n) is 1.44. The molecule has 0 amide bonds. The predicted octanol–water partition coefficient (Wildman–Crippen LogP) is 1.97. The van der Waals surface area contributed by atoms with E-state index in [4.69, 9.17) is 18.0 Å². The lowest BCUT2D eigenvalue weighted by Gasteiger charge is -2.20. The Morgan fingerprint density at radius 3 is 2.77 bits per heavy atom. The van der Waals surface area contributed by atoms with Gasteiger partial charge in [-0.05, 0) is 17.2 Å². The maximum Gasteiger partial charge on any atom is 0.132 e. The maximum absolute atomic E-state index is 9.43. The quantitative estimate of drug-likeness (QED) is 0.616. The Bertz CT molecular complexity index is 398. The number of aliphatic hydroxyl groups excluding tert-OH is 1. The van der Waals surface area contributed by atoms with Gasteiger partial charge in [0.05, 0.1) is 10.9 Å². The van der Waals surface area contributed by atoms with Gasteiger partial charge in [-0.2, -0.15) is 0 Å². The Kier molecular flexibility index (Phi) is 1.90. The van der Waals surface area contributed by atoms with Crippen LogP contribution in [0.1, 0.15) is 17.2 Å². The summed E-state index contributed by atoms with van der Waals surface area (Å²) >= 11 is 4.98. The van der Waals surface area contributed by atoms with Crippen LogP contribution in [0.15, 0.2) is 30.0 Å². The molecule has 0 bridgehead atoms. The Morgan fingerprint density at radius 1 is 1.31 bits per heavy atom. The van der Waals surface area contributed by atoms with Gasteiger partial charge >= 0.3 is 0 Å². The van der Waals surface area contributed by atoms with Crippen LogP contribution >= 0.6 is 12.2 Å². The van der Waals surface area contributed by atoms with E-state index in [0.29, 0.717) is 4.86 Å². The predicted molar refractivity (Wildman–Crippen MR) is 56.6 cm³/mol. The number of nitrogens with two attached hydrogens (primary N) is 1. The molecule has 0 aromatic heterocycles. The second-order valence-corrected chi connectivity index (χ2v) is 3.44. The first kappa shape index (κ1) is 8.41. The lowest BCUT2D eigenvalue weighted by atomic mass is 9.92. The second-order valence-electron chi connectivity index (χ2n) is 3.00. The third kappa shape index (κ3) is 1.26. The summed E-state index contributed by atoms with van der Waals surface area (Å²) in [4.78, 5) is 0.415. The number of hydrogen-bond donors (Lipinski definition) is 2. The topological polar surface area (TPSA) is 46.2 Å². The van der Waals surface area contributed by atoms with E-state index in [-0.39, 0.29) is 11.8 Å². The molecule has 1 unspecified atom stereocenters. The van der Waals surface area contributed by atoms with Crippen LogP contribution in [0.3, 0.4) is 0 Å². The first-order valence-electron chi connectivity index (χ1n) is 3.99. The van der Waals surface area contributed by atoms with Crippen molar-refractivity contribution < 1.29 is 5.11 Å². The van der Waals surface area contributed by atoms with E-state index in [1.807, 2.05) is 24.3 Å². The Morgan fingerprint density at radius 2 is 2.00 bits per heavy atom. The minimum atomic E-state index is -0.351. The van der Waals surface area contributed by atoms with Crippen molar-refractivity contribution >= 4 is 23.2 Å². The number of rotatable bonds is 0. The number of aliphatic hydroxyl groups is 1. The second kappa shape index (κ2) is 2.94. The average Bonchev–Trinajstić information content (AvgIpc) is 2.15. The van der Waals surface area contributed by atoms with Crippen molar-refractivity contribution in [2.24, 2.45) is 5.73 Å². The van der Waals surface area contributed by atoms with Crippen LogP contribution in [0.2, 0.25) is 0 Å². The van der Waals surface area contributed by atoms with Crippen LogP contribution < -0.4 is 5.73 Å². The molecule has 3 N–H and O–H groups in total. The molecule has 2 nitrogen and oxygen atoms in total. The third-order valence-electron chi connectivity index (χ3n) is 2.16. The van der Waals surface area contributed by atoms with Crippen LogP contribution in [-0.2, 0) is 0 Å². The van der Waals surface area contributed by atoms with Crippen molar-refractivity contribution in [2.45, 2.75) is 6.04 Å². The van der Waals surface area contributed by atoms with Gasteiger partial charge in [-0.3, -0.25) is 0 Å². The number of benzene rings is 1. The monoisotopic (exact) mass is 191 g/mol. The molecule has 66 valence electrons. The standard InChI is InChI=1S/C10H9NOS/c11-9-7-4-2-1-3-6(7)5-8(12)10(9)13/h1-5,9,12H,11H2. The summed E-state index contributed by atoms with van der Waals surface area (Å²) in [6.07, 6.45) is 1.65. The fourth-order valence-corrected chi connectivity index (χ4v) is 1.63. The van der Waals surface area contributed by atoms with Gasteiger partial charge < -0.3 is 10.8 Å². The zero-order chi connectivity index (χ0) is 9.42. The molecule has 0 saturated carbocycles. The molecule has 1 aromatic rings. The van der Waals surface area contributed by atoms with Crippen LogP contribution in [0.5, 0.6) is 0 Å². The lowest BCUT2D eigenvalue weighted by molar-refractivity contribution is 0.445. The number of thiocarbonyl (C=S) groups is 1. The summed E-state index contributed by atoms with van der Waals surface area (Å²) in [5.74, 6) is 0.112. The molecule has 13 heavy (non-hydrogen) atoms. The van der Waals surface area contributed by atoms with E-state index in [1.54, 1.807) is 6.08 Å². The van der Waals surface area contributed by atoms with E-state index < -0.39 is 0 Å². The van der Waals surface area contributed by atoms with Crippen molar-refractivity contribution in [1.82, 2.24) is 0 Å². The lowest BCUT2D eigenvalue weighted by Crippen LogP contribution is -2.24. The maximum atomic E-state index is 9.43. The van der Waals surface area contributed by atoms with Gasteiger partial charge in [0.2, 0.25) is 0 Å². The van der Waals surface area contributed by atoms with Gasteiger partial charge in [0, 0.05) is 0 Å². The van der Waals surface area contributed by atoms with Crippen LogP contribution in [0.4, 0.5) is 0 Å². The minimum absolute atomic E-state index is 0.112. The first-order valence-corrected chi connectivity index (χ1v) is 4.40. The van der Waals surface area contributed by atoms with Crippen LogP contribution in [0.25, 0.3) is 6.08 Å². The highest BCUT2D eigenvalue weighted by Gasteiger charge is 2.22. The molecule has 3 heteroatoms. The molecule has 0 radical (unpaired) electrons. The number of hydrogen-bond acceptors (Lipinski definition) is 3. The highest BCUT2D eigenvalue weighted by atomic mass is 32.1.